The molecule has 27 heavy (non-hydrogen) atoms. The van der Waals surface area contributed by atoms with Gasteiger partial charge in [-0.2, -0.15) is 0 Å². The number of aromatic nitrogens is 1. The van der Waals surface area contributed by atoms with Crippen LogP contribution in [0.5, 0.6) is 0 Å². The number of carbonyl (C=O) groups excluding carboxylic acids is 2. The molecular weight excluding hydrogens is 432 g/mol. The van der Waals surface area contributed by atoms with Crippen LogP contribution in [-0.2, 0) is 20.9 Å². The monoisotopic (exact) mass is 462 g/mol. The van der Waals surface area contributed by atoms with E-state index in [1.54, 1.807) is 38.3 Å². The molecule has 7 nitrogen and oxygen atoms in total. The van der Waals surface area contributed by atoms with Crippen LogP contribution >= 0.6 is 15.9 Å². The minimum atomic E-state index is -1.21. The predicted molar refractivity (Wildman–Crippen MR) is 112 cm³/mol. The van der Waals surface area contributed by atoms with E-state index in [0.717, 1.165) is 6.04 Å². The molecule has 1 amide bonds. The Bertz CT molecular complexity index is 662. The summed E-state index contributed by atoms with van der Waals surface area (Å²) in [6, 6.07) is 2.57. The summed E-state index contributed by atoms with van der Waals surface area (Å²) in [5, 5.41) is 2.65. The highest BCUT2D eigenvalue weighted by molar-refractivity contribution is 9.10. The number of amides is 1. The van der Waals surface area contributed by atoms with Crippen molar-refractivity contribution in [2.45, 2.75) is 65.7 Å². The minimum absolute atomic E-state index is 0.176. The van der Waals surface area contributed by atoms with Gasteiger partial charge < -0.3 is 18.8 Å². The van der Waals surface area contributed by atoms with E-state index in [0.29, 0.717) is 22.6 Å². The summed E-state index contributed by atoms with van der Waals surface area (Å²) in [5.74, 6) is -0.482. The number of halogens is 1. The van der Waals surface area contributed by atoms with Crippen molar-refractivity contribution in [3.8, 4) is 0 Å². The molecule has 0 saturated heterocycles. The minimum Gasteiger partial charge on any atom is -0.461 e. The lowest BCUT2D eigenvalue weighted by molar-refractivity contribution is 0.0470. The largest absolute Gasteiger partial charge is 0.461 e. The molecule has 0 bridgehead atoms. The number of ether oxygens (including phenoxy) is 3. The Labute approximate surface area is 170 Å². The standard InChI is InChI=1S/C18H31BrN2O5Si/c1-8-25-16(22)14-11-13(20-17(23)26-18(2,3)4)15(19)21(14)12-24-9-10-27(5,6)7/h11H,8-10,12H2,1-7H3,(H,20,23). The van der Waals surface area contributed by atoms with Gasteiger partial charge in [0.05, 0.1) is 12.3 Å². The first-order valence-electron chi connectivity index (χ1n) is 8.98. The van der Waals surface area contributed by atoms with Crippen molar-refractivity contribution in [2.24, 2.45) is 0 Å². The van der Waals surface area contributed by atoms with Gasteiger partial charge in [-0.3, -0.25) is 5.32 Å². The summed E-state index contributed by atoms with van der Waals surface area (Å²) >= 11 is 3.43. The molecule has 0 spiro atoms. The second-order valence-corrected chi connectivity index (χ2v) is 14.7. The number of rotatable bonds is 8. The molecule has 154 valence electrons. The highest BCUT2D eigenvalue weighted by Crippen LogP contribution is 2.29. The fourth-order valence-electron chi connectivity index (χ4n) is 2.06. The van der Waals surface area contributed by atoms with E-state index in [1.807, 2.05) is 0 Å². The molecule has 0 aliphatic heterocycles. The summed E-state index contributed by atoms with van der Waals surface area (Å²) in [5.41, 5.74) is 0.0900. The second kappa shape index (κ2) is 9.75. The van der Waals surface area contributed by atoms with Gasteiger partial charge in [0.15, 0.2) is 0 Å². The van der Waals surface area contributed by atoms with Crippen molar-refractivity contribution in [3.05, 3.63) is 16.4 Å². The summed E-state index contributed by atoms with van der Waals surface area (Å²) in [6.07, 6.45) is -0.601. The maximum Gasteiger partial charge on any atom is 0.412 e. The second-order valence-electron chi connectivity index (χ2n) is 8.36. The van der Waals surface area contributed by atoms with Gasteiger partial charge in [0, 0.05) is 14.7 Å². The van der Waals surface area contributed by atoms with E-state index < -0.39 is 25.7 Å². The molecular formula is C18H31BrN2O5Si. The number of carbonyl (C=O) groups is 2. The lowest BCUT2D eigenvalue weighted by Crippen LogP contribution is -2.27. The van der Waals surface area contributed by atoms with Gasteiger partial charge >= 0.3 is 12.1 Å². The summed E-state index contributed by atoms with van der Waals surface area (Å²) in [7, 11) is -1.21. The topological polar surface area (TPSA) is 78.8 Å². The molecule has 0 fully saturated rings. The van der Waals surface area contributed by atoms with Gasteiger partial charge in [0.25, 0.3) is 0 Å². The van der Waals surface area contributed by atoms with E-state index in [9.17, 15) is 9.59 Å². The normalized spacial score (nSPS) is 12.0. The molecule has 1 aromatic heterocycles. The van der Waals surface area contributed by atoms with Crippen LogP contribution in [0.2, 0.25) is 25.7 Å². The maximum atomic E-state index is 12.3. The number of nitrogens with one attached hydrogen (secondary N) is 1. The zero-order valence-corrected chi connectivity index (χ0v) is 19.9. The van der Waals surface area contributed by atoms with Crippen molar-refractivity contribution < 1.29 is 23.8 Å². The number of esters is 1. The van der Waals surface area contributed by atoms with Gasteiger partial charge in [0.1, 0.15) is 22.6 Å². The smallest absolute Gasteiger partial charge is 0.412 e. The fourth-order valence-corrected chi connectivity index (χ4v) is 3.32. The predicted octanol–water partition coefficient (Wildman–Crippen LogP) is 5.09. The van der Waals surface area contributed by atoms with Crippen LogP contribution in [0.3, 0.4) is 0 Å². The Balaban J connectivity index is 2.96. The number of anilines is 1. The van der Waals surface area contributed by atoms with Crippen LogP contribution in [0.4, 0.5) is 10.5 Å². The zero-order valence-electron chi connectivity index (χ0n) is 17.3. The van der Waals surface area contributed by atoms with Crippen molar-refractivity contribution >= 4 is 41.8 Å². The average Bonchev–Trinajstić information content (AvgIpc) is 2.78. The first-order valence-corrected chi connectivity index (χ1v) is 13.5. The maximum absolute atomic E-state index is 12.3. The highest BCUT2D eigenvalue weighted by Gasteiger charge is 2.23. The van der Waals surface area contributed by atoms with Crippen molar-refractivity contribution in [1.82, 2.24) is 4.57 Å². The van der Waals surface area contributed by atoms with Crippen LogP contribution < -0.4 is 5.32 Å². The number of hydrogen-bond donors (Lipinski definition) is 1. The van der Waals surface area contributed by atoms with Gasteiger partial charge in [-0.1, -0.05) is 19.6 Å². The third kappa shape index (κ3) is 8.48. The molecule has 0 saturated carbocycles. The molecule has 0 radical (unpaired) electrons. The number of nitrogens with zero attached hydrogens (tertiary/aromatic N) is 1. The molecule has 1 N–H and O–H groups in total. The molecule has 0 aliphatic carbocycles. The Hall–Kier alpha value is -1.32. The molecule has 0 unspecified atom stereocenters. The highest BCUT2D eigenvalue weighted by atomic mass is 79.9. The van der Waals surface area contributed by atoms with E-state index in [-0.39, 0.29) is 13.3 Å². The van der Waals surface area contributed by atoms with Gasteiger partial charge in [-0.05, 0) is 55.7 Å². The summed E-state index contributed by atoms with van der Waals surface area (Å²) in [6.45, 7) is 14.9. The Morgan fingerprint density at radius 2 is 1.89 bits per heavy atom. The first-order chi connectivity index (χ1) is 12.3. The van der Waals surface area contributed by atoms with E-state index in [1.165, 1.54) is 0 Å². The van der Waals surface area contributed by atoms with E-state index >= 15 is 0 Å². The third-order valence-corrected chi connectivity index (χ3v) is 5.93. The summed E-state index contributed by atoms with van der Waals surface area (Å²) in [4.78, 5) is 24.3. The number of hydrogen-bond acceptors (Lipinski definition) is 5. The first kappa shape index (κ1) is 23.7. The van der Waals surface area contributed by atoms with Crippen LogP contribution in [0, 0.1) is 0 Å². The lowest BCUT2D eigenvalue weighted by atomic mass is 10.2. The van der Waals surface area contributed by atoms with Crippen molar-refractivity contribution in [1.29, 1.82) is 0 Å². The van der Waals surface area contributed by atoms with Crippen molar-refractivity contribution in [2.75, 3.05) is 18.5 Å². The molecule has 1 aromatic rings. The lowest BCUT2D eigenvalue weighted by Gasteiger charge is -2.19. The molecule has 1 heterocycles. The molecule has 0 aliphatic rings. The van der Waals surface area contributed by atoms with Crippen LogP contribution in [0.15, 0.2) is 10.7 Å². The van der Waals surface area contributed by atoms with Gasteiger partial charge in [0.2, 0.25) is 0 Å². The van der Waals surface area contributed by atoms with Crippen molar-refractivity contribution in [3.63, 3.8) is 0 Å². The molecule has 0 aromatic carbocycles. The van der Waals surface area contributed by atoms with Gasteiger partial charge in [-0.25, -0.2) is 9.59 Å². The van der Waals surface area contributed by atoms with Gasteiger partial charge in [-0.15, -0.1) is 0 Å². The van der Waals surface area contributed by atoms with Crippen LogP contribution in [0.1, 0.15) is 38.2 Å². The Morgan fingerprint density at radius 1 is 1.26 bits per heavy atom. The summed E-state index contributed by atoms with van der Waals surface area (Å²) < 4.78 is 18.3. The van der Waals surface area contributed by atoms with Crippen LogP contribution in [-0.4, -0.2) is 43.5 Å². The van der Waals surface area contributed by atoms with Crippen LogP contribution in [0.25, 0.3) is 0 Å². The molecule has 9 heteroatoms. The average molecular weight is 463 g/mol. The quantitative estimate of drug-likeness (QED) is 0.330. The van der Waals surface area contributed by atoms with E-state index in [4.69, 9.17) is 14.2 Å². The molecule has 1 rings (SSSR count). The SMILES string of the molecule is CCOC(=O)c1cc(NC(=O)OC(C)(C)C)c(Br)n1COCC[Si](C)(C)C. The fraction of sp³-hybridized carbons (Fsp3) is 0.667. The molecule has 0 atom stereocenters. The Morgan fingerprint density at radius 3 is 2.41 bits per heavy atom. The Kier molecular flexibility index (Phi) is 8.56. The van der Waals surface area contributed by atoms with E-state index in [2.05, 4.69) is 40.9 Å². The zero-order chi connectivity index (χ0) is 20.8. The third-order valence-electron chi connectivity index (χ3n) is 3.37.